The fraction of sp³-hybridized carbons (Fsp3) is 0.364. The normalized spacial score (nSPS) is 11.5. The van der Waals surface area contributed by atoms with Crippen molar-refractivity contribution in [2.24, 2.45) is 0 Å². The average molecular weight is 203 g/mol. The first-order chi connectivity index (χ1) is 7.13. The van der Waals surface area contributed by atoms with Crippen LogP contribution in [0.25, 0.3) is 0 Å². The van der Waals surface area contributed by atoms with Gasteiger partial charge in [-0.15, -0.1) is 12.3 Å². The molecule has 1 atom stereocenters. The van der Waals surface area contributed by atoms with Crippen LogP contribution in [0.3, 0.4) is 0 Å². The van der Waals surface area contributed by atoms with Gasteiger partial charge in [-0.3, -0.25) is 9.78 Å². The summed E-state index contributed by atoms with van der Waals surface area (Å²) in [6.45, 7) is 3.66. The number of hydrogen-bond acceptors (Lipinski definition) is 3. The Hall–Kier alpha value is -1.89. The zero-order chi connectivity index (χ0) is 11.3. The lowest BCUT2D eigenvalue weighted by atomic mass is 10.2. The highest BCUT2D eigenvalue weighted by molar-refractivity contribution is 5.92. The molecule has 1 heterocycles. The lowest BCUT2D eigenvalue weighted by Gasteiger charge is -2.09. The Bertz CT molecular complexity index is 378. The van der Waals surface area contributed by atoms with E-state index in [1.54, 1.807) is 6.20 Å². The number of nitrogens with zero attached hydrogens (tertiary/aromatic N) is 2. The number of carbonyl (C=O) groups is 1. The first kappa shape index (κ1) is 11.2. The van der Waals surface area contributed by atoms with Gasteiger partial charge in [-0.25, -0.2) is 4.98 Å². The van der Waals surface area contributed by atoms with E-state index < -0.39 is 0 Å². The third-order valence-electron chi connectivity index (χ3n) is 1.82. The first-order valence-corrected chi connectivity index (χ1v) is 4.66. The van der Waals surface area contributed by atoms with E-state index in [0.717, 1.165) is 5.69 Å². The van der Waals surface area contributed by atoms with Gasteiger partial charge in [-0.05, 0) is 13.8 Å². The van der Waals surface area contributed by atoms with E-state index in [2.05, 4.69) is 21.2 Å². The van der Waals surface area contributed by atoms with Crippen LogP contribution in [0, 0.1) is 19.3 Å². The second kappa shape index (κ2) is 5.11. The number of amides is 1. The van der Waals surface area contributed by atoms with Crippen LogP contribution in [0.4, 0.5) is 0 Å². The largest absolute Gasteiger partial charge is 0.347 e. The van der Waals surface area contributed by atoms with Crippen molar-refractivity contribution in [2.75, 3.05) is 0 Å². The summed E-state index contributed by atoms with van der Waals surface area (Å²) >= 11 is 0. The van der Waals surface area contributed by atoms with Crippen molar-refractivity contribution in [3.05, 3.63) is 23.8 Å². The van der Waals surface area contributed by atoms with Gasteiger partial charge in [0.1, 0.15) is 5.69 Å². The second-order valence-electron chi connectivity index (χ2n) is 3.33. The van der Waals surface area contributed by atoms with Crippen molar-refractivity contribution >= 4 is 5.91 Å². The summed E-state index contributed by atoms with van der Waals surface area (Å²) < 4.78 is 0. The molecule has 1 N–H and O–H groups in total. The molecule has 78 valence electrons. The molecule has 0 saturated heterocycles. The lowest BCUT2D eigenvalue weighted by molar-refractivity contribution is 0.0935. The van der Waals surface area contributed by atoms with E-state index in [0.29, 0.717) is 12.1 Å². The summed E-state index contributed by atoms with van der Waals surface area (Å²) in [6.07, 6.45) is 8.65. The molecule has 1 unspecified atom stereocenters. The van der Waals surface area contributed by atoms with Crippen LogP contribution in [0.15, 0.2) is 12.4 Å². The molecule has 1 rings (SSSR count). The minimum atomic E-state index is -0.245. The predicted molar refractivity (Wildman–Crippen MR) is 57.1 cm³/mol. The maximum atomic E-state index is 11.6. The molecule has 0 aliphatic rings. The molecule has 0 aliphatic heterocycles. The Kier molecular flexibility index (Phi) is 3.81. The molecule has 0 aromatic carbocycles. The number of terminal acetylenes is 1. The highest BCUT2D eigenvalue weighted by Gasteiger charge is 2.09. The summed E-state index contributed by atoms with van der Waals surface area (Å²) in [7, 11) is 0. The maximum Gasteiger partial charge on any atom is 0.271 e. The molecule has 0 spiro atoms. The van der Waals surface area contributed by atoms with Gasteiger partial charge in [-0.2, -0.15) is 0 Å². The molecule has 4 heteroatoms. The quantitative estimate of drug-likeness (QED) is 0.743. The lowest BCUT2D eigenvalue weighted by Crippen LogP contribution is -2.32. The van der Waals surface area contributed by atoms with E-state index in [4.69, 9.17) is 6.42 Å². The fourth-order valence-corrected chi connectivity index (χ4v) is 1.04. The van der Waals surface area contributed by atoms with E-state index in [9.17, 15) is 4.79 Å². The highest BCUT2D eigenvalue weighted by atomic mass is 16.1. The smallest absolute Gasteiger partial charge is 0.271 e. The molecule has 4 nitrogen and oxygen atoms in total. The highest BCUT2D eigenvalue weighted by Crippen LogP contribution is 1.96. The number of aryl methyl sites for hydroxylation is 1. The van der Waals surface area contributed by atoms with E-state index in [1.165, 1.54) is 6.20 Å². The summed E-state index contributed by atoms with van der Waals surface area (Å²) in [5.41, 5.74) is 1.09. The van der Waals surface area contributed by atoms with Crippen LogP contribution in [-0.4, -0.2) is 21.9 Å². The van der Waals surface area contributed by atoms with Gasteiger partial charge < -0.3 is 5.32 Å². The molecule has 1 aromatic heterocycles. The molecule has 1 amide bonds. The number of hydrogen-bond donors (Lipinski definition) is 1. The second-order valence-corrected chi connectivity index (χ2v) is 3.33. The summed E-state index contributed by atoms with van der Waals surface area (Å²) in [4.78, 5) is 19.5. The van der Waals surface area contributed by atoms with Crippen LogP contribution < -0.4 is 5.32 Å². The van der Waals surface area contributed by atoms with Crippen molar-refractivity contribution in [2.45, 2.75) is 26.3 Å². The van der Waals surface area contributed by atoms with E-state index in [1.807, 2.05) is 13.8 Å². The zero-order valence-electron chi connectivity index (χ0n) is 8.82. The topological polar surface area (TPSA) is 54.9 Å². The minimum Gasteiger partial charge on any atom is -0.347 e. The molecular formula is C11H13N3O. The number of carbonyl (C=O) groups excluding carboxylic acids is 1. The Morgan fingerprint density at radius 3 is 2.87 bits per heavy atom. The molecule has 0 bridgehead atoms. The van der Waals surface area contributed by atoms with Gasteiger partial charge in [0.05, 0.1) is 11.9 Å². The van der Waals surface area contributed by atoms with Crippen LogP contribution in [0.5, 0.6) is 0 Å². The van der Waals surface area contributed by atoms with Crippen LogP contribution >= 0.6 is 0 Å². The standard InChI is InChI=1S/C11H13N3O/c1-4-5-8(2)14-11(15)10-7-12-9(3)6-13-10/h1,6-8H,5H2,2-3H3,(H,14,15). The van der Waals surface area contributed by atoms with Crippen molar-refractivity contribution in [1.29, 1.82) is 0 Å². The molecule has 0 fully saturated rings. The summed E-state index contributed by atoms with van der Waals surface area (Å²) in [6, 6.07) is -0.0504. The Morgan fingerprint density at radius 2 is 2.33 bits per heavy atom. The number of nitrogens with one attached hydrogen (secondary N) is 1. The molecule has 0 radical (unpaired) electrons. The minimum absolute atomic E-state index is 0.0504. The molecule has 1 aromatic rings. The van der Waals surface area contributed by atoms with Gasteiger partial charge in [-0.1, -0.05) is 0 Å². The summed E-state index contributed by atoms with van der Waals surface area (Å²) in [5, 5.41) is 2.73. The molecule has 15 heavy (non-hydrogen) atoms. The van der Waals surface area contributed by atoms with Crippen molar-refractivity contribution < 1.29 is 4.79 Å². The predicted octanol–water partition coefficient (Wildman–Crippen LogP) is 0.927. The fourth-order valence-electron chi connectivity index (χ4n) is 1.04. The molecule has 0 saturated carbocycles. The van der Waals surface area contributed by atoms with Gasteiger partial charge in [0.2, 0.25) is 0 Å². The van der Waals surface area contributed by atoms with Crippen LogP contribution in [0.2, 0.25) is 0 Å². The number of aromatic nitrogens is 2. The zero-order valence-corrected chi connectivity index (χ0v) is 8.82. The van der Waals surface area contributed by atoms with E-state index >= 15 is 0 Å². The van der Waals surface area contributed by atoms with E-state index in [-0.39, 0.29) is 11.9 Å². The Balaban J connectivity index is 2.62. The SMILES string of the molecule is C#CCC(C)NC(=O)c1cnc(C)cn1. The average Bonchev–Trinajstić information content (AvgIpc) is 2.18. The number of rotatable bonds is 3. The van der Waals surface area contributed by atoms with Gasteiger partial charge >= 0.3 is 0 Å². The Labute approximate surface area is 89.1 Å². The van der Waals surface area contributed by atoms with Crippen LogP contribution in [-0.2, 0) is 0 Å². The monoisotopic (exact) mass is 203 g/mol. The Morgan fingerprint density at radius 1 is 1.60 bits per heavy atom. The van der Waals surface area contributed by atoms with Gasteiger partial charge in [0.15, 0.2) is 0 Å². The molecule has 0 aliphatic carbocycles. The van der Waals surface area contributed by atoms with Gasteiger partial charge in [0.25, 0.3) is 5.91 Å². The van der Waals surface area contributed by atoms with Crippen LogP contribution in [0.1, 0.15) is 29.5 Å². The van der Waals surface area contributed by atoms with Crippen molar-refractivity contribution in [3.63, 3.8) is 0 Å². The molecular weight excluding hydrogens is 190 g/mol. The third kappa shape index (κ3) is 3.39. The summed E-state index contributed by atoms with van der Waals surface area (Å²) in [5.74, 6) is 2.24. The first-order valence-electron chi connectivity index (χ1n) is 4.66. The third-order valence-corrected chi connectivity index (χ3v) is 1.82. The maximum absolute atomic E-state index is 11.6. The van der Waals surface area contributed by atoms with Crippen molar-refractivity contribution in [3.8, 4) is 12.3 Å². The van der Waals surface area contributed by atoms with Crippen molar-refractivity contribution in [1.82, 2.24) is 15.3 Å². The van der Waals surface area contributed by atoms with Gasteiger partial charge in [0, 0.05) is 18.7 Å².